The molecule has 0 radical (unpaired) electrons. The fourth-order valence-corrected chi connectivity index (χ4v) is 3.18. The zero-order valence-corrected chi connectivity index (χ0v) is 14.3. The van der Waals surface area contributed by atoms with Gasteiger partial charge in [0.15, 0.2) is 0 Å². The van der Waals surface area contributed by atoms with Crippen LogP contribution < -0.4 is 16.0 Å². The number of anilines is 1. The van der Waals surface area contributed by atoms with Crippen molar-refractivity contribution in [2.24, 2.45) is 11.7 Å². The van der Waals surface area contributed by atoms with Gasteiger partial charge >= 0.3 is 0 Å². The van der Waals surface area contributed by atoms with Crippen LogP contribution in [-0.2, 0) is 19.1 Å². The van der Waals surface area contributed by atoms with Crippen molar-refractivity contribution < 1.29 is 23.9 Å². The number of primary amides is 1. The van der Waals surface area contributed by atoms with E-state index in [9.17, 15) is 19.2 Å². The molecule has 2 fully saturated rings. The number of rotatable bonds is 4. The molecule has 4 amide bonds. The van der Waals surface area contributed by atoms with Gasteiger partial charge in [-0.1, -0.05) is 0 Å². The minimum absolute atomic E-state index is 0.0416. The average Bonchev–Trinajstić information content (AvgIpc) is 2.89. The van der Waals surface area contributed by atoms with Gasteiger partial charge in [-0.05, 0) is 24.3 Å². The van der Waals surface area contributed by atoms with E-state index in [2.05, 4.69) is 5.32 Å². The van der Waals surface area contributed by atoms with Gasteiger partial charge < -0.3 is 25.6 Å². The van der Waals surface area contributed by atoms with Crippen LogP contribution in [0, 0.1) is 5.92 Å². The van der Waals surface area contributed by atoms with Gasteiger partial charge in [-0.25, -0.2) is 0 Å². The molecule has 0 aromatic heterocycles. The molecular weight excluding hydrogens is 340 g/mol. The van der Waals surface area contributed by atoms with Gasteiger partial charge in [0, 0.05) is 31.4 Å². The Balaban J connectivity index is 1.69. The predicted molar refractivity (Wildman–Crippen MR) is 91.2 cm³/mol. The summed E-state index contributed by atoms with van der Waals surface area (Å²) in [5, 5.41) is 2.69. The van der Waals surface area contributed by atoms with Crippen molar-refractivity contribution >= 4 is 29.3 Å². The van der Waals surface area contributed by atoms with Crippen LogP contribution in [0.2, 0.25) is 0 Å². The maximum atomic E-state index is 12.4. The summed E-state index contributed by atoms with van der Waals surface area (Å²) in [7, 11) is 1.55. The molecule has 0 saturated carbocycles. The lowest BCUT2D eigenvalue weighted by Crippen LogP contribution is -2.45. The van der Waals surface area contributed by atoms with Crippen molar-refractivity contribution in [3.63, 3.8) is 0 Å². The number of carbonyl (C=O) groups excluding carboxylic acids is 4. The third kappa shape index (κ3) is 3.38. The smallest absolute Gasteiger partial charge is 0.253 e. The van der Waals surface area contributed by atoms with Crippen LogP contribution in [-0.4, -0.2) is 67.9 Å². The molecule has 2 atom stereocenters. The predicted octanol–water partition coefficient (Wildman–Crippen LogP) is -1.28. The Kier molecular flexibility index (Phi) is 4.90. The highest BCUT2D eigenvalue weighted by molar-refractivity contribution is 6.03. The van der Waals surface area contributed by atoms with Crippen molar-refractivity contribution in [2.45, 2.75) is 6.04 Å². The molecule has 9 heteroatoms. The van der Waals surface area contributed by atoms with Gasteiger partial charge in [0.2, 0.25) is 11.8 Å². The summed E-state index contributed by atoms with van der Waals surface area (Å²) in [6, 6.07) is 5.86. The number of likely N-dealkylation sites (N-methyl/N-ethyl adjacent to an activating group) is 1. The van der Waals surface area contributed by atoms with E-state index in [0.29, 0.717) is 24.4 Å². The molecule has 26 heavy (non-hydrogen) atoms. The van der Waals surface area contributed by atoms with Gasteiger partial charge in [-0.15, -0.1) is 0 Å². The normalized spacial score (nSPS) is 23.3. The first-order valence-electron chi connectivity index (χ1n) is 8.22. The van der Waals surface area contributed by atoms with Crippen molar-refractivity contribution in [3.05, 3.63) is 29.8 Å². The zero-order valence-electron chi connectivity index (χ0n) is 14.3. The minimum atomic E-state index is -1.06. The first kappa shape index (κ1) is 17.9. The average molecular weight is 360 g/mol. The third-order valence-electron chi connectivity index (χ3n) is 4.57. The quantitative estimate of drug-likeness (QED) is 0.648. The molecule has 2 aliphatic rings. The molecule has 1 aromatic carbocycles. The number of nitrogens with zero attached hydrogens (tertiary/aromatic N) is 2. The van der Waals surface area contributed by atoms with Gasteiger partial charge in [0.05, 0.1) is 12.6 Å². The molecule has 9 nitrogen and oxygen atoms in total. The van der Waals surface area contributed by atoms with E-state index in [0.717, 1.165) is 0 Å². The Labute approximate surface area is 150 Å². The van der Waals surface area contributed by atoms with Crippen LogP contribution >= 0.6 is 0 Å². The number of nitrogens with two attached hydrogens (primary N) is 1. The molecule has 1 aromatic rings. The number of ether oxygens (including phenoxy) is 1. The Bertz CT molecular complexity index is 748. The summed E-state index contributed by atoms with van der Waals surface area (Å²) in [4.78, 5) is 50.7. The number of hydrogen-bond donors (Lipinski definition) is 2. The number of benzene rings is 1. The summed E-state index contributed by atoms with van der Waals surface area (Å²) in [5.74, 6) is -2.77. The fourth-order valence-electron chi connectivity index (χ4n) is 3.18. The number of carbonyl (C=O) groups is 4. The monoisotopic (exact) mass is 360 g/mol. The van der Waals surface area contributed by atoms with Crippen LogP contribution in [0.3, 0.4) is 0 Å². The Morgan fingerprint density at radius 3 is 2.54 bits per heavy atom. The molecule has 3 N–H and O–H groups in total. The van der Waals surface area contributed by atoms with Crippen LogP contribution in [0.5, 0.6) is 0 Å². The second-order valence-corrected chi connectivity index (χ2v) is 6.32. The topological polar surface area (TPSA) is 122 Å². The highest BCUT2D eigenvalue weighted by atomic mass is 16.5. The molecule has 2 heterocycles. The SMILES string of the molecule is CN1CC(NC(=O)c2ccc(N3CCOCC3=O)cc2)C(C(N)=O)C1=O. The second-order valence-electron chi connectivity index (χ2n) is 6.32. The molecule has 0 spiro atoms. The Morgan fingerprint density at radius 1 is 1.23 bits per heavy atom. The zero-order chi connectivity index (χ0) is 18.8. The molecule has 3 rings (SSSR count). The van der Waals surface area contributed by atoms with E-state index in [1.165, 1.54) is 4.90 Å². The van der Waals surface area contributed by atoms with E-state index >= 15 is 0 Å². The maximum absolute atomic E-state index is 12.4. The van der Waals surface area contributed by atoms with Gasteiger partial charge in [0.1, 0.15) is 12.5 Å². The largest absolute Gasteiger partial charge is 0.370 e. The maximum Gasteiger partial charge on any atom is 0.253 e. The fraction of sp³-hybridized carbons (Fsp3) is 0.412. The number of morpholine rings is 1. The minimum Gasteiger partial charge on any atom is -0.370 e. The van der Waals surface area contributed by atoms with Crippen LogP contribution in [0.1, 0.15) is 10.4 Å². The van der Waals surface area contributed by atoms with E-state index in [1.54, 1.807) is 36.2 Å². The van der Waals surface area contributed by atoms with Gasteiger partial charge in [0.25, 0.3) is 11.8 Å². The van der Waals surface area contributed by atoms with Gasteiger partial charge in [-0.2, -0.15) is 0 Å². The van der Waals surface area contributed by atoms with E-state index < -0.39 is 29.7 Å². The molecule has 0 aliphatic carbocycles. The Morgan fingerprint density at radius 2 is 1.92 bits per heavy atom. The van der Waals surface area contributed by atoms with Crippen LogP contribution in [0.15, 0.2) is 24.3 Å². The van der Waals surface area contributed by atoms with E-state index in [1.807, 2.05) is 0 Å². The second kappa shape index (κ2) is 7.12. The summed E-state index contributed by atoms with van der Waals surface area (Å²) < 4.78 is 5.09. The number of nitrogens with one attached hydrogen (secondary N) is 1. The van der Waals surface area contributed by atoms with Crippen molar-refractivity contribution in [1.82, 2.24) is 10.2 Å². The van der Waals surface area contributed by atoms with Crippen LogP contribution in [0.25, 0.3) is 0 Å². The number of amides is 4. The molecular formula is C17H20N4O5. The number of likely N-dealkylation sites (tertiary alicyclic amines) is 1. The first-order chi connectivity index (χ1) is 12.4. The molecule has 2 aliphatic heterocycles. The summed E-state index contributed by atoms with van der Waals surface area (Å²) >= 11 is 0. The van der Waals surface area contributed by atoms with Crippen LogP contribution in [0.4, 0.5) is 5.69 Å². The lowest BCUT2D eigenvalue weighted by Gasteiger charge is -2.27. The highest BCUT2D eigenvalue weighted by Gasteiger charge is 2.43. The highest BCUT2D eigenvalue weighted by Crippen LogP contribution is 2.20. The first-order valence-corrected chi connectivity index (χ1v) is 8.22. The lowest BCUT2D eigenvalue weighted by atomic mass is 10.0. The van der Waals surface area contributed by atoms with Crippen molar-refractivity contribution in [1.29, 1.82) is 0 Å². The van der Waals surface area contributed by atoms with Crippen molar-refractivity contribution in [2.75, 3.05) is 38.3 Å². The molecule has 2 unspecified atom stereocenters. The lowest BCUT2D eigenvalue weighted by molar-refractivity contribution is -0.136. The molecule has 138 valence electrons. The van der Waals surface area contributed by atoms with Crippen molar-refractivity contribution in [3.8, 4) is 0 Å². The van der Waals surface area contributed by atoms with E-state index in [4.69, 9.17) is 10.5 Å². The van der Waals surface area contributed by atoms with E-state index in [-0.39, 0.29) is 19.1 Å². The molecule has 0 bridgehead atoms. The summed E-state index contributed by atoms with van der Waals surface area (Å²) in [6.45, 7) is 1.19. The standard InChI is InChI=1S/C17H20N4O5/c1-20-8-12(14(15(18)23)17(20)25)19-16(24)10-2-4-11(5-3-10)21-6-7-26-9-13(21)22/h2-5,12,14H,6-9H2,1H3,(H2,18,23)(H,19,24). The third-order valence-corrected chi connectivity index (χ3v) is 4.57. The number of hydrogen-bond acceptors (Lipinski definition) is 5. The summed E-state index contributed by atoms with van der Waals surface area (Å²) in [5.41, 5.74) is 6.33. The molecule has 2 saturated heterocycles. The van der Waals surface area contributed by atoms with Gasteiger partial charge in [-0.3, -0.25) is 19.2 Å². The summed E-state index contributed by atoms with van der Waals surface area (Å²) in [6.07, 6.45) is 0. The Hall–Kier alpha value is -2.94.